The lowest BCUT2D eigenvalue weighted by atomic mass is 10.00. The predicted molar refractivity (Wildman–Crippen MR) is 109 cm³/mol. The Balaban J connectivity index is 2.15. The summed E-state index contributed by atoms with van der Waals surface area (Å²) < 4.78 is 10.8. The average molecular weight is 383 g/mol. The summed E-state index contributed by atoms with van der Waals surface area (Å²) >= 11 is 0. The normalized spacial score (nSPS) is 15.2. The first-order valence-corrected chi connectivity index (χ1v) is 11.2. The fourth-order valence-electron chi connectivity index (χ4n) is 3.31. The van der Waals surface area contributed by atoms with E-state index < -0.39 is 0 Å². The molecule has 1 rings (SSSR count). The Morgan fingerprint density at radius 2 is 1.30 bits per heavy atom. The smallest absolute Gasteiger partial charge is 0.309 e. The lowest BCUT2D eigenvalue weighted by Gasteiger charge is -2.15. The zero-order chi connectivity index (χ0) is 20.1. The molecular formula is C23H42O4. The lowest BCUT2D eigenvalue weighted by Crippen LogP contribution is -2.24. The van der Waals surface area contributed by atoms with Gasteiger partial charge in [0, 0.05) is 0 Å². The van der Waals surface area contributed by atoms with Crippen LogP contribution >= 0.6 is 0 Å². The van der Waals surface area contributed by atoms with Crippen molar-refractivity contribution in [1.29, 1.82) is 0 Å². The molecule has 1 aliphatic carbocycles. The first-order chi connectivity index (χ1) is 12.9. The fourth-order valence-corrected chi connectivity index (χ4v) is 3.31. The van der Waals surface area contributed by atoms with Crippen molar-refractivity contribution in [3.05, 3.63) is 0 Å². The molecule has 0 N–H and O–H groups in total. The van der Waals surface area contributed by atoms with Crippen molar-refractivity contribution in [3.8, 4) is 0 Å². The molecule has 0 aromatic rings. The monoisotopic (exact) mass is 382 g/mol. The number of rotatable bonds is 16. The second kappa shape index (κ2) is 14.0. The lowest BCUT2D eigenvalue weighted by molar-refractivity contribution is -0.156. The van der Waals surface area contributed by atoms with Gasteiger partial charge in [-0.25, -0.2) is 0 Å². The maximum absolute atomic E-state index is 12.4. The van der Waals surface area contributed by atoms with Gasteiger partial charge in [0.05, 0.1) is 25.6 Å². The van der Waals surface area contributed by atoms with Crippen LogP contribution in [0.2, 0.25) is 0 Å². The Morgan fingerprint density at radius 3 is 1.78 bits per heavy atom. The van der Waals surface area contributed by atoms with Crippen molar-refractivity contribution in [2.75, 3.05) is 13.2 Å². The minimum absolute atomic E-state index is 0.183. The van der Waals surface area contributed by atoms with Crippen LogP contribution in [0.1, 0.15) is 98.3 Å². The van der Waals surface area contributed by atoms with Gasteiger partial charge in [-0.05, 0) is 43.4 Å². The van der Waals surface area contributed by atoms with E-state index in [0.717, 1.165) is 50.4 Å². The maximum atomic E-state index is 12.4. The average Bonchev–Trinajstić information content (AvgIpc) is 3.43. The van der Waals surface area contributed by atoms with Gasteiger partial charge in [0.25, 0.3) is 0 Å². The van der Waals surface area contributed by atoms with Gasteiger partial charge in [0.2, 0.25) is 0 Å². The van der Waals surface area contributed by atoms with Gasteiger partial charge in [-0.1, -0.05) is 66.2 Å². The molecule has 1 saturated carbocycles. The third kappa shape index (κ3) is 12.9. The predicted octanol–water partition coefficient (Wildman–Crippen LogP) is 5.92. The summed E-state index contributed by atoms with van der Waals surface area (Å²) in [6.45, 7) is 9.85. The molecule has 1 unspecified atom stereocenters. The highest BCUT2D eigenvalue weighted by atomic mass is 16.5. The summed E-state index contributed by atoms with van der Waals surface area (Å²) in [5.74, 6) is 1.03. The molecule has 158 valence electrons. The summed E-state index contributed by atoms with van der Waals surface area (Å²) in [6.07, 6.45) is 11.1. The number of hydrogen-bond donors (Lipinski definition) is 0. The van der Waals surface area contributed by atoms with E-state index in [4.69, 9.17) is 9.47 Å². The summed E-state index contributed by atoms with van der Waals surface area (Å²) in [4.78, 5) is 24.4. The Hall–Kier alpha value is -1.06. The van der Waals surface area contributed by atoms with Crippen molar-refractivity contribution in [2.24, 2.45) is 23.7 Å². The molecule has 1 atom stereocenters. The first kappa shape index (κ1) is 24.0. The number of esters is 2. The SMILES string of the molecule is CC(C)CCCCCOC(=O)CC(C(=O)OCCCCCC(C)C)C1CC1. The van der Waals surface area contributed by atoms with Gasteiger partial charge >= 0.3 is 11.9 Å². The molecule has 0 bridgehead atoms. The highest BCUT2D eigenvalue weighted by Crippen LogP contribution is 2.39. The van der Waals surface area contributed by atoms with Gasteiger partial charge < -0.3 is 9.47 Å². The zero-order valence-electron chi connectivity index (χ0n) is 18.1. The van der Waals surface area contributed by atoms with Crippen LogP contribution in [0, 0.1) is 23.7 Å². The van der Waals surface area contributed by atoms with E-state index in [1.807, 2.05) is 0 Å². The Kier molecular flexibility index (Phi) is 12.4. The fraction of sp³-hybridized carbons (Fsp3) is 0.913. The van der Waals surface area contributed by atoms with Crippen LogP contribution in [0.5, 0.6) is 0 Å². The van der Waals surface area contributed by atoms with Gasteiger partial charge in [-0.3, -0.25) is 9.59 Å². The molecule has 4 nitrogen and oxygen atoms in total. The van der Waals surface area contributed by atoms with E-state index >= 15 is 0 Å². The molecular weight excluding hydrogens is 340 g/mol. The van der Waals surface area contributed by atoms with Crippen LogP contribution < -0.4 is 0 Å². The molecule has 1 fully saturated rings. The summed E-state index contributed by atoms with van der Waals surface area (Å²) in [5.41, 5.74) is 0. The second-order valence-electron chi connectivity index (χ2n) is 9.02. The van der Waals surface area contributed by atoms with E-state index in [1.165, 1.54) is 25.7 Å². The molecule has 1 aliphatic rings. The number of unbranched alkanes of at least 4 members (excludes halogenated alkanes) is 4. The number of carbonyl (C=O) groups is 2. The van der Waals surface area contributed by atoms with Crippen LogP contribution in [-0.2, 0) is 19.1 Å². The molecule has 0 aliphatic heterocycles. The van der Waals surface area contributed by atoms with Crippen molar-refractivity contribution >= 4 is 11.9 Å². The van der Waals surface area contributed by atoms with Gasteiger partial charge in [0.1, 0.15) is 0 Å². The van der Waals surface area contributed by atoms with Crippen LogP contribution in [-0.4, -0.2) is 25.2 Å². The van der Waals surface area contributed by atoms with Crippen LogP contribution in [0.15, 0.2) is 0 Å². The first-order valence-electron chi connectivity index (χ1n) is 11.2. The van der Waals surface area contributed by atoms with E-state index in [2.05, 4.69) is 27.7 Å². The van der Waals surface area contributed by atoms with Crippen molar-refractivity contribution in [2.45, 2.75) is 98.3 Å². The van der Waals surface area contributed by atoms with E-state index in [-0.39, 0.29) is 24.3 Å². The zero-order valence-corrected chi connectivity index (χ0v) is 18.1. The quantitative estimate of drug-likeness (QED) is 0.245. The molecule has 0 amide bonds. The van der Waals surface area contributed by atoms with Crippen molar-refractivity contribution in [3.63, 3.8) is 0 Å². The Morgan fingerprint density at radius 1 is 0.778 bits per heavy atom. The van der Waals surface area contributed by atoms with Gasteiger partial charge in [-0.2, -0.15) is 0 Å². The summed E-state index contributed by atoms with van der Waals surface area (Å²) in [6, 6.07) is 0. The highest BCUT2D eigenvalue weighted by molar-refractivity contribution is 5.80. The van der Waals surface area contributed by atoms with E-state index in [1.54, 1.807) is 0 Å². The Labute approximate surface area is 166 Å². The highest BCUT2D eigenvalue weighted by Gasteiger charge is 2.38. The van der Waals surface area contributed by atoms with Crippen LogP contribution in [0.25, 0.3) is 0 Å². The molecule has 27 heavy (non-hydrogen) atoms. The summed E-state index contributed by atoms with van der Waals surface area (Å²) in [7, 11) is 0. The second-order valence-corrected chi connectivity index (χ2v) is 9.02. The molecule has 0 heterocycles. The molecule has 0 spiro atoms. The molecule has 0 aromatic heterocycles. The van der Waals surface area contributed by atoms with Crippen LogP contribution in [0.3, 0.4) is 0 Å². The standard InChI is InChI=1S/C23H42O4/c1-18(2)11-7-5-9-15-26-22(24)17-21(20-13-14-20)23(25)27-16-10-6-8-12-19(3)4/h18-21H,5-17H2,1-4H3. The molecule has 0 aromatic carbocycles. The van der Waals surface area contributed by atoms with Crippen molar-refractivity contribution in [1.82, 2.24) is 0 Å². The number of carbonyl (C=O) groups excluding carboxylic acids is 2. The van der Waals surface area contributed by atoms with Gasteiger partial charge in [0.15, 0.2) is 0 Å². The largest absolute Gasteiger partial charge is 0.466 e. The molecule has 4 heteroatoms. The number of ether oxygens (including phenoxy) is 2. The third-order valence-electron chi connectivity index (χ3n) is 5.24. The number of hydrogen-bond acceptors (Lipinski definition) is 4. The maximum Gasteiger partial charge on any atom is 0.309 e. The topological polar surface area (TPSA) is 52.6 Å². The van der Waals surface area contributed by atoms with Crippen molar-refractivity contribution < 1.29 is 19.1 Å². The third-order valence-corrected chi connectivity index (χ3v) is 5.24. The van der Waals surface area contributed by atoms with Crippen LogP contribution in [0.4, 0.5) is 0 Å². The van der Waals surface area contributed by atoms with E-state index in [9.17, 15) is 9.59 Å². The molecule has 0 radical (unpaired) electrons. The van der Waals surface area contributed by atoms with E-state index in [0.29, 0.717) is 19.1 Å². The Bertz CT molecular complexity index is 413. The molecule has 0 saturated heterocycles. The summed E-state index contributed by atoms with van der Waals surface area (Å²) in [5, 5.41) is 0. The minimum atomic E-state index is -0.297. The minimum Gasteiger partial charge on any atom is -0.466 e. The van der Waals surface area contributed by atoms with Gasteiger partial charge in [-0.15, -0.1) is 0 Å².